The average Bonchev–Trinajstić information content (AvgIpc) is 2.73. The van der Waals surface area contributed by atoms with Crippen LogP contribution >= 0.6 is 0 Å². The van der Waals surface area contributed by atoms with Crippen LogP contribution in [0.1, 0.15) is 19.3 Å². The maximum Gasteiger partial charge on any atom is 0.573 e. The van der Waals surface area contributed by atoms with Gasteiger partial charge < -0.3 is 9.47 Å². The van der Waals surface area contributed by atoms with E-state index in [-0.39, 0.29) is 21.2 Å². The number of halogens is 3. The molecule has 1 heterocycles. The van der Waals surface area contributed by atoms with Gasteiger partial charge in [0.15, 0.2) is 0 Å². The van der Waals surface area contributed by atoms with Gasteiger partial charge in [-0.25, -0.2) is 16.8 Å². The van der Waals surface area contributed by atoms with Gasteiger partial charge in [-0.05, 0) is 55.3 Å². The first-order chi connectivity index (χ1) is 14.9. The molecule has 13 heteroatoms. The highest BCUT2D eigenvalue weighted by Crippen LogP contribution is 2.32. The number of methoxy groups -OCH3 is 1. The van der Waals surface area contributed by atoms with Gasteiger partial charge in [0.1, 0.15) is 16.4 Å². The van der Waals surface area contributed by atoms with Crippen molar-refractivity contribution in [1.82, 2.24) is 4.31 Å². The van der Waals surface area contributed by atoms with Crippen LogP contribution in [0.15, 0.2) is 52.3 Å². The maximum atomic E-state index is 13.1. The summed E-state index contributed by atoms with van der Waals surface area (Å²) >= 11 is 0. The van der Waals surface area contributed by atoms with E-state index >= 15 is 0 Å². The van der Waals surface area contributed by atoms with Gasteiger partial charge in [-0.15, -0.1) is 13.2 Å². The predicted octanol–water partition coefficient (Wildman–Crippen LogP) is 3.57. The zero-order chi connectivity index (χ0) is 23.6. The molecule has 0 bridgehead atoms. The summed E-state index contributed by atoms with van der Waals surface area (Å²) in [5, 5.41) is 0. The van der Waals surface area contributed by atoms with E-state index < -0.39 is 32.2 Å². The Morgan fingerprint density at radius 1 is 0.938 bits per heavy atom. The van der Waals surface area contributed by atoms with Gasteiger partial charge in [0.2, 0.25) is 10.0 Å². The molecule has 176 valence electrons. The van der Waals surface area contributed by atoms with Crippen LogP contribution in [-0.4, -0.2) is 47.7 Å². The van der Waals surface area contributed by atoms with E-state index in [1.807, 2.05) is 0 Å². The number of rotatable bonds is 7. The van der Waals surface area contributed by atoms with Crippen molar-refractivity contribution in [2.75, 3.05) is 24.9 Å². The normalized spacial score (nSPS) is 15.9. The van der Waals surface area contributed by atoms with Crippen LogP contribution in [0.5, 0.6) is 11.5 Å². The van der Waals surface area contributed by atoms with Crippen molar-refractivity contribution in [3.63, 3.8) is 0 Å². The number of anilines is 1. The number of benzene rings is 2. The summed E-state index contributed by atoms with van der Waals surface area (Å²) in [5.74, 6) is -0.511. The molecule has 0 saturated carbocycles. The standard InChI is InChI=1S/C19H21F3N2O6S2/c1-29-17-10-5-14(13-18(17)32(27,28)24-11-3-2-4-12-24)23-31(25,26)16-8-6-15(7-9-16)30-19(20,21)22/h5-10,13,23H,2-4,11-12H2,1H3. The minimum absolute atomic E-state index is 0.0444. The molecule has 1 N–H and O–H groups in total. The lowest BCUT2D eigenvalue weighted by Crippen LogP contribution is -2.35. The van der Waals surface area contributed by atoms with Crippen LogP contribution in [0, 0.1) is 0 Å². The molecule has 1 aliphatic rings. The second-order valence-electron chi connectivity index (χ2n) is 6.96. The Morgan fingerprint density at radius 3 is 2.12 bits per heavy atom. The number of sulfonamides is 2. The Balaban J connectivity index is 1.88. The molecule has 0 amide bonds. The van der Waals surface area contributed by atoms with Crippen molar-refractivity contribution in [2.45, 2.75) is 35.4 Å². The fourth-order valence-electron chi connectivity index (χ4n) is 3.22. The van der Waals surface area contributed by atoms with E-state index in [9.17, 15) is 30.0 Å². The molecule has 0 spiro atoms. The van der Waals surface area contributed by atoms with Crippen LogP contribution in [0.2, 0.25) is 0 Å². The summed E-state index contributed by atoms with van der Waals surface area (Å²) in [5.41, 5.74) is -0.0444. The average molecular weight is 495 g/mol. The van der Waals surface area contributed by atoms with E-state index in [2.05, 4.69) is 9.46 Å². The fraction of sp³-hybridized carbons (Fsp3) is 0.368. The van der Waals surface area contributed by atoms with E-state index in [4.69, 9.17) is 4.74 Å². The highest BCUT2D eigenvalue weighted by Gasteiger charge is 2.32. The molecule has 0 aromatic heterocycles. The summed E-state index contributed by atoms with van der Waals surface area (Å²) in [6.45, 7) is 0.710. The Kier molecular flexibility index (Phi) is 6.91. The minimum Gasteiger partial charge on any atom is -0.495 e. The zero-order valence-electron chi connectivity index (χ0n) is 16.9. The number of nitrogens with one attached hydrogen (secondary N) is 1. The lowest BCUT2D eigenvalue weighted by atomic mass is 10.2. The number of nitrogens with zero attached hydrogens (tertiary/aromatic N) is 1. The van der Waals surface area contributed by atoms with Gasteiger partial charge in [0.25, 0.3) is 10.0 Å². The van der Waals surface area contributed by atoms with E-state index in [1.165, 1.54) is 23.5 Å². The van der Waals surface area contributed by atoms with Crippen molar-refractivity contribution in [2.24, 2.45) is 0 Å². The largest absolute Gasteiger partial charge is 0.573 e. The molecule has 2 aromatic rings. The monoisotopic (exact) mass is 494 g/mol. The van der Waals surface area contributed by atoms with E-state index in [0.717, 1.165) is 49.6 Å². The van der Waals surface area contributed by atoms with Crippen LogP contribution < -0.4 is 14.2 Å². The first-order valence-corrected chi connectivity index (χ1v) is 12.4. The smallest absolute Gasteiger partial charge is 0.495 e. The Bertz CT molecular complexity index is 1160. The number of piperidine rings is 1. The molecule has 1 fully saturated rings. The second kappa shape index (κ2) is 9.16. The molecule has 0 atom stereocenters. The summed E-state index contributed by atoms with van der Waals surface area (Å²) < 4.78 is 101. The maximum absolute atomic E-state index is 13.1. The highest BCUT2D eigenvalue weighted by atomic mass is 32.2. The zero-order valence-corrected chi connectivity index (χ0v) is 18.6. The SMILES string of the molecule is COc1ccc(NS(=O)(=O)c2ccc(OC(F)(F)F)cc2)cc1S(=O)(=O)N1CCCCC1. The third-order valence-electron chi connectivity index (χ3n) is 4.72. The van der Waals surface area contributed by atoms with Gasteiger partial charge in [0, 0.05) is 13.1 Å². The number of hydrogen-bond acceptors (Lipinski definition) is 6. The molecular formula is C19H21F3N2O6S2. The van der Waals surface area contributed by atoms with Crippen molar-refractivity contribution in [1.29, 1.82) is 0 Å². The van der Waals surface area contributed by atoms with Crippen LogP contribution in [0.3, 0.4) is 0 Å². The van der Waals surface area contributed by atoms with E-state index in [0.29, 0.717) is 13.1 Å². The molecular weight excluding hydrogens is 473 g/mol. The molecule has 0 radical (unpaired) electrons. The Hall–Kier alpha value is -2.51. The van der Waals surface area contributed by atoms with Crippen LogP contribution in [0.25, 0.3) is 0 Å². The summed E-state index contributed by atoms with van der Waals surface area (Å²) in [6.07, 6.45) is -2.53. The first kappa shape index (κ1) is 24.1. The molecule has 8 nitrogen and oxygen atoms in total. The third-order valence-corrected chi connectivity index (χ3v) is 8.03. The quantitative estimate of drug-likeness (QED) is 0.632. The van der Waals surface area contributed by atoms with Crippen LogP contribution in [-0.2, 0) is 20.0 Å². The Labute approximate surface area is 184 Å². The first-order valence-electron chi connectivity index (χ1n) is 9.49. The molecule has 1 aliphatic heterocycles. The van der Waals surface area contributed by atoms with Gasteiger partial charge in [0.05, 0.1) is 17.7 Å². The summed E-state index contributed by atoms with van der Waals surface area (Å²) in [6, 6.07) is 7.42. The van der Waals surface area contributed by atoms with E-state index in [1.54, 1.807) is 0 Å². The van der Waals surface area contributed by atoms with Gasteiger partial charge in [-0.2, -0.15) is 4.31 Å². The number of ether oxygens (including phenoxy) is 2. The van der Waals surface area contributed by atoms with Gasteiger partial charge in [-0.3, -0.25) is 4.72 Å². The topological polar surface area (TPSA) is 102 Å². The molecule has 2 aromatic carbocycles. The number of hydrogen-bond donors (Lipinski definition) is 1. The molecule has 0 aliphatic carbocycles. The molecule has 1 saturated heterocycles. The third kappa shape index (κ3) is 5.64. The Morgan fingerprint density at radius 2 is 1.56 bits per heavy atom. The lowest BCUT2D eigenvalue weighted by molar-refractivity contribution is -0.274. The highest BCUT2D eigenvalue weighted by molar-refractivity contribution is 7.92. The molecule has 3 rings (SSSR count). The number of alkyl halides is 3. The predicted molar refractivity (Wildman–Crippen MR) is 110 cm³/mol. The van der Waals surface area contributed by atoms with Crippen molar-refractivity contribution >= 4 is 25.7 Å². The van der Waals surface area contributed by atoms with Crippen LogP contribution in [0.4, 0.5) is 18.9 Å². The molecule has 0 unspecified atom stereocenters. The summed E-state index contributed by atoms with van der Waals surface area (Å²) in [7, 11) is -6.83. The van der Waals surface area contributed by atoms with Crippen molar-refractivity contribution in [3.8, 4) is 11.5 Å². The van der Waals surface area contributed by atoms with Gasteiger partial charge >= 0.3 is 6.36 Å². The minimum atomic E-state index is -4.90. The van der Waals surface area contributed by atoms with Crippen molar-refractivity contribution < 1.29 is 39.5 Å². The van der Waals surface area contributed by atoms with Gasteiger partial charge in [-0.1, -0.05) is 6.42 Å². The summed E-state index contributed by atoms with van der Waals surface area (Å²) in [4.78, 5) is -0.515. The second-order valence-corrected chi connectivity index (χ2v) is 10.5. The fourth-order valence-corrected chi connectivity index (χ4v) is 5.97. The lowest BCUT2D eigenvalue weighted by Gasteiger charge is -2.26. The molecule has 32 heavy (non-hydrogen) atoms. The van der Waals surface area contributed by atoms with Crippen molar-refractivity contribution in [3.05, 3.63) is 42.5 Å².